The number of carbonyl (C=O) groups excluding carboxylic acids is 1. The summed E-state index contributed by atoms with van der Waals surface area (Å²) in [6, 6.07) is 1.43. The predicted molar refractivity (Wildman–Crippen MR) is 89.4 cm³/mol. The van der Waals surface area contributed by atoms with Crippen LogP contribution in [-0.2, 0) is 16.5 Å². The number of amides is 1. The standard InChI is InChI=1S/C19H23F4NO3/c1-17(2,3)27-16(25)24-14-4-5-15(24)10-18(26,9-14)11-6-12(19(21,22)23)8-13(20)7-11/h6-8,14-15,26H,4-5,9-10H2,1-3H3. The molecule has 2 saturated heterocycles. The number of piperidine rings is 1. The Morgan fingerprint density at radius 3 is 2.19 bits per heavy atom. The zero-order valence-electron chi connectivity index (χ0n) is 15.4. The van der Waals surface area contributed by atoms with Gasteiger partial charge in [-0.3, -0.25) is 0 Å². The summed E-state index contributed by atoms with van der Waals surface area (Å²) < 4.78 is 58.2. The number of fused-ring (bicyclic) bond motifs is 2. The number of nitrogens with zero attached hydrogens (tertiary/aromatic N) is 1. The molecule has 27 heavy (non-hydrogen) atoms. The van der Waals surface area contributed by atoms with Gasteiger partial charge in [-0.1, -0.05) is 0 Å². The molecule has 2 heterocycles. The zero-order chi connectivity index (χ0) is 20.2. The van der Waals surface area contributed by atoms with E-state index in [1.165, 1.54) is 0 Å². The highest BCUT2D eigenvalue weighted by molar-refractivity contribution is 5.69. The van der Waals surface area contributed by atoms with Crippen LogP contribution < -0.4 is 0 Å². The number of ether oxygens (including phenoxy) is 1. The number of halogens is 4. The van der Waals surface area contributed by atoms with Gasteiger partial charge < -0.3 is 14.7 Å². The molecule has 1 aromatic rings. The number of aliphatic hydroxyl groups is 1. The third kappa shape index (κ3) is 4.05. The quantitative estimate of drug-likeness (QED) is 0.715. The maximum Gasteiger partial charge on any atom is 0.416 e. The Morgan fingerprint density at radius 2 is 1.70 bits per heavy atom. The van der Waals surface area contributed by atoms with E-state index in [0.717, 1.165) is 12.1 Å². The molecule has 3 rings (SSSR count). The molecule has 2 aliphatic rings. The minimum absolute atomic E-state index is 0.0451. The van der Waals surface area contributed by atoms with Crippen LogP contribution in [0, 0.1) is 5.82 Å². The second-order valence-electron chi connectivity index (χ2n) is 8.44. The van der Waals surface area contributed by atoms with Gasteiger partial charge in [0.25, 0.3) is 0 Å². The normalized spacial score (nSPS) is 28.4. The molecule has 4 nitrogen and oxygen atoms in total. The van der Waals surface area contributed by atoms with E-state index in [2.05, 4.69) is 0 Å². The molecular formula is C19H23F4NO3. The van der Waals surface area contributed by atoms with Gasteiger partial charge in [-0.05, 0) is 57.4 Å². The maximum atomic E-state index is 13.8. The highest BCUT2D eigenvalue weighted by Gasteiger charge is 2.51. The third-order valence-corrected chi connectivity index (χ3v) is 5.13. The van der Waals surface area contributed by atoms with E-state index in [0.29, 0.717) is 18.9 Å². The lowest BCUT2D eigenvalue weighted by atomic mass is 9.80. The maximum absolute atomic E-state index is 13.8. The van der Waals surface area contributed by atoms with Crippen molar-refractivity contribution in [1.29, 1.82) is 0 Å². The highest BCUT2D eigenvalue weighted by Crippen LogP contribution is 2.47. The third-order valence-electron chi connectivity index (χ3n) is 5.13. The van der Waals surface area contributed by atoms with Crippen molar-refractivity contribution in [3.63, 3.8) is 0 Å². The average molecular weight is 389 g/mol. The van der Waals surface area contributed by atoms with Crippen LogP contribution in [0.5, 0.6) is 0 Å². The second-order valence-corrected chi connectivity index (χ2v) is 8.44. The first-order valence-electron chi connectivity index (χ1n) is 8.90. The minimum Gasteiger partial charge on any atom is -0.444 e. The molecule has 1 amide bonds. The summed E-state index contributed by atoms with van der Waals surface area (Å²) in [6.07, 6.45) is -3.87. The van der Waals surface area contributed by atoms with Crippen molar-refractivity contribution in [2.75, 3.05) is 0 Å². The Morgan fingerprint density at radius 1 is 1.15 bits per heavy atom. The second kappa shape index (κ2) is 6.36. The van der Waals surface area contributed by atoms with Gasteiger partial charge in [0, 0.05) is 24.9 Å². The number of hydrogen-bond acceptors (Lipinski definition) is 3. The van der Waals surface area contributed by atoms with Crippen molar-refractivity contribution in [2.45, 2.75) is 75.9 Å². The van der Waals surface area contributed by atoms with E-state index in [1.807, 2.05) is 0 Å². The topological polar surface area (TPSA) is 49.8 Å². The van der Waals surface area contributed by atoms with Crippen LogP contribution in [0.25, 0.3) is 0 Å². The Hall–Kier alpha value is -1.83. The van der Waals surface area contributed by atoms with Crippen LogP contribution in [0.15, 0.2) is 18.2 Å². The fourth-order valence-electron chi connectivity index (χ4n) is 4.10. The van der Waals surface area contributed by atoms with Crippen LogP contribution >= 0.6 is 0 Å². The number of benzene rings is 1. The number of hydrogen-bond donors (Lipinski definition) is 1. The molecule has 2 fully saturated rings. The van der Waals surface area contributed by atoms with E-state index < -0.39 is 34.9 Å². The van der Waals surface area contributed by atoms with Crippen molar-refractivity contribution in [3.8, 4) is 0 Å². The summed E-state index contributed by atoms with van der Waals surface area (Å²) in [5.74, 6) is -1.05. The summed E-state index contributed by atoms with van der Waals surface area (Å²) in [7, 11) is 0. The Bertz CT molecular complexity index is 727. The van der Waals surface area contributed by atoms with Crippen molar-refractivity contribution in [2.24, 2.45) is 0 Å². The van der Waals surface area contributed by atoms with Crippen LogP contribution in [0.3, 0.4) is 0 Å². The fraction of sp³-hybridized carbons (Fsp3) is 0.632. The van der Waals surface area contributed by atoms with Gasteiger partial charge in [-0.15, -0.1) is 0 Å². The number of carbonyl (C=O) groups is 1. The van der Waals surface area contributed by atoms with E-state index in [-0.39, 0.29) is 30.5 Å². The van der Waals surface area contributed by atoms with Gasteiger partial charge in [-0.2, -0.15) is 13.2 Å². The van der Waals surface area contributed by atoms with Crippen molar-refractivity contribution in [3.05, 3.63) is 35.1 Å². The van der Waals surface area contributed by atoms with E-state index >= 15 is 0 Å². The molecule has 150 valence electrons. The molecule has 0 saturated carbocycles. The molecule has 0 aromatic heterocycles. The number of alkyl halides is 3. The lowest BCUT2D eigenvalue weighted by molar-refractivity contribution is -0.138. The Labute approximate surface area is 155 Å². The molecule has 8 heteroatoms. The first kappa shape index (κ1) is 19.9. The molecule has 0 radical (unpaired) electrons. The predicted octanol–water partition coefficient (Wildman–Crippen LogP) is 4.59. The molecule has 2 unspecified atom stereocenters. The van der Waals surface area contributed by atoms with Crippen LogP contribution in [-0.4, -0.2) is 33.8 Å². The number of rotatable bonds is 1. The largest absolute Gasteiger partial charge is 0.444 e. The van der Waals surface area contributed by atoms with Crippen LogP contribution in [0.1, 0.15) is 57.6 Å². The summed E-state index contributed by atoms with van der Waals surface area (Å²) in [4.78, 5) is 14.0. The summed E-state index contributed by atoms with van der Waals surface area (Å²) >= 11 is 0. The lowest BCUT2D eigenvalue weighted by Crippen LogP contribution is -2.53. The molecule has 1 N–H and O–H groups in total. The highest BCUT2D eigenvalue weighted by atomic mass is 19.4. The molecule has 0 aliphatic carbocycles. The minimum atomic E-state index is -4.70. The Balaban J connectivity index is 1.87. The van der Waals surface area contributed by atoms with E-state index in [9.17, 15) is 27.5 Å². The molecule has 2 atom stereocenters. The fourth-order valence-corrected chi connectivity index (χ4v) is 4.10. The summed E-state index contributed by atoms with van der Waals surface area (Å²) in [6.45, 7) is 5.25. The van der Waals surface area contributed by atoms with Gasteiger partial charge in [0.1, 0.15) is 11.4 Å². The van der Waals surface area contributed by atoms with Gasteiger partial charge in [0.05, 0.1) is 11.2 Å². The van der Waals surface area contributed by atoms with Crippen molar-refractivity contribution >= 4 is 6.09 Å². The molecule has 2 bridgehead atoms. The molecular weight excluding hydrogens is 366 g/mol. The van der Waals surface area contributed by atoms with Gasteiger partial charge >= 0.3 is 12.3 Å². The average Bonchev–Trinajstić information content (AvgIpc) is 2.77. The zero-order valence-corrected chi connectivity index (χ0v) is 15.4. The monoisotopic (exact) mass is 389 g/mol. The lowest BCUT2D eigenvalue weighted by Gasteiger charge is -2.44. The SMILES string of the molecule is CC(C)(C)OC(=O)N1C2CCC1CC(O)(c1cc(F)cc(C(F)(F)F)c1)C2. The summed E-state index contributed by atoms with van der Waals surface area (Å²) in [5.41, 5.74) is -3.52. The molecule has 2 aliphatic heterocycles. The van der Waals surface area contributed by atoms with Crippen molar-refractivity contribution < 1.29 is 32.2 Å². The van der Waals surface area contributed by atoms with E-state index in [4.69, 9.17) is 4.74 Å². The van der Waals surface area contributed by atoms with Crippen LogP contribution in [0.2, 0.25) is 0 Å². The van der Waals surface area contributed by atoms with Gasteiger partial charge in [0.15, 0.2) is 0 Å². The molecule has 0 spiro atoms. The molecule has 1 aromatic carbocycles. The summed E-state index contributed by atoms with van der Waals surface area (Å²) in [5, 5.41) is 11.1. The van der Waals surface area contributed by atoms with E-state index in [1.54, 1.807) is 25.7 Å². The first-order chi connectivity index (χ1) is 12.3. The van der Waals surface area contributed by atoms with Gasteiger partial charge in [0.2, 0.25) is 0 Å². The first-order valence-corrected chi connectivity index (χ1v) is 8.90. The van der Waals surface area contributed by atoms with Crippen LogP contribution in [0.4, 0.5) is 22.4 Å². The smallest absolute Gasteiger partial charge is 0.416 e. The Kier molecular flexibility index (Phi) is 4.69. The van der Waals surface area contributed by atoms with Gasteiger partial charge in [-0.25, -0.2) is 9.18 Å². The van der Waals surface area contributed by atoms with Crippen molar-refractivity contribution in [1.82, 2.24) is 4.90 Å².